The molecule has 6 aliphatic rings. The van der Waals surface area contributed by atoms with Gasteiger partial charge in [-0.25, -0.2) is 18.0 Å². The number of nitrogens with two attached hydrogens (primary N) is 1. The molecule has 0 spiro atoms. The summed E-state index contributed by atoms with van der Waals surface area (Å²) < 4.78 is 75.2. The molecule has 636 valence electrons. The Bertz CT molecular complexity index is 5390. The van der Waals surface area contributed by atoms with Crippen LogP contribution in [0.2, 0.25) is 0 Å². The summed E-state index contributed by atoms with van der Waals surface area (Å²) in [4.78, 5) is 82.9. The van der Waals surface area contributed by atoms with Crippen LogP contribution >= 0.6 is 34.0 Å². The second kappa shape index (κ2) is 40.3. The third-order valence-corrected chi connectivity index (χ3v) is 25.9. The molecule has 3 aromatic carbocycles. The third kappa shape index (κ3) is 24.7. The number of halogens is 3. The second-order valence-electron chi connectivity index (χ2n) is 34.0. The Hall–Kier alpha value is -10.5. The van der Waals surface area contributed by atoms with Crippen LogP contribution in [0.4, 0.5) is 18.0 Å². The van der Waals surface area contributed by atoms with Crippen molar-refractivity contribution < 1.29 is 56.0 Å². The van der Waals surface area contributed by atoms with E-state index >= 15 is 0 Å². The second-order valence-corrected chi connectivity index (χ2v) is 37.2. The highest BCUT2D eigenvalue weighted by Gasteiger charge is 2.29. The lowest BCUT2D eigenvalue weighted by molar-refractivity contribution is -0.119. The Labute approximate surface area is 721 Å². The molecule has 26 heteroatoms. The molecular weight excluding hydrogens is 1600 g/mol. The molecule has 3 saturated heterocycles. The smallest absolute Gasteiger partial charge is 0.407 e. The first-order chi connectivity index (χ1) is 59.0. The van der Waals surface area contributed by atoms with E-state index in [-0.39, 0.29) is 66.0 Å². The number of fused-ring (bicyclic) bond motifs is 3. The number of likely N-dealkylation sites (tertiary alicyclic amines) is 2. The number of thiophene rings is 3. The van der Waals surface area contributed by atoms with Gasteiger partial charge in [-0.05, 0) is 267 Å². The number of nitrogens with zero attached hydrogens (tertiary/aromatic N) is 8. The van der Waals surface area contributed by atoms with Gasteiger partial charge in [0, 0.05) is 113 Å². The summed E-state index contributed by atoms with van der Waals surface area (Å²) >= 11 is 4.55. The molecule has 0 unspecified atom stereocenters. The number of carbonyl (C=O) groups excluding carboxylic acids is 4. The monoisotopic (exact) mass is 1710 g/mol. The number of hydrogen-bond acceptors (Lipinski definition) is 22. The largest absolute Gasteiger partial charge is 0.495 e. The molecule has 1 amide bonds. The summed E-state index contributed by atoms with van der Waals surface area (Å²) in [5.74, 6) is 4.20. The van der Waals surface area contributed by atoms with E-state index < -0.39 is 23.1 Å². The maximum absolute atomic E-state index is 14.9. The average molecular weight is 1710 g/mol. The molecule has 12 aromatic rings. The molecule has 4 N–H and O–H groups in total. The van der Waals surface area contributed by atoms with Gasteiger partial charge in [-0.3, -0.25) is 54.1 Å². The molecule has 20 nitrogen and oxygen atoms in total. The van der Waals surface area contributed by atoms with Gasteiger partial charge in [-0.1, -0.05) is 37.3 Å². The zero-order valence-electron chi connectivity index (χ0n) is 69.6. The Balaban J connectivity index is 0.000000132. The number of Topliss-reactive ketones (excluding diaryl/α,β-unsaturated/α-hetero) is 3. The fraction of sp³-hybridized carbons (Fsp3) is 0.396. The van der Waals surface area contributed by atoms with Crippen LogP contribution in [0.3, 0.4) is 0 Å². The summed E-state index contributed by atoms with van der Waals surface area (Å²) in [6, 6.07) is 38.2. The Morgan fingerprint density at radius 2 is 0.828 bits per heavy atom. The van der Waals surface area contributed by atoms with Crippen LogP contribution in [0.5, 0.6) is 40.2 Å². The minimum absolute atomic E-state index is 0.119. The lowest BCUT2D eigenvalue weighted by Gasteiger charge is -2.30. The maximum Gasteiger partial charge on any atom is 0.407 e. The fourth-order valence-electron chi connectivity index (χ4n) is 15.0. The van der Waals surface area contributed by atoms with Crippen molar-refractivity contribution in [1.82, 2.24) is 50.3 Å². The first-order valence-electron chi connectivity index (χ1n) is 42.5. The van der Waals surface area contributed by atoms with Crippen molar-refractivity contribution in [1.29, 1.82) is 0 Å². The van der Waals surface area contributed by atoms with Gasteiger partial charge in [0.2, 0.25) is 0 Å². The summed E-state index contributed by atoms with van der Waals surface area (Å²) in [7, 11) is 1.60. The van der Waals surface area contributed by atoms with E-state index in [0.717, 1.165) is 185 Å². The van der Waals surface area contributed by atoms with E-state index in [1.54, 1.807) is 86.5 Å². The van der Waals surface area contributed by atoms with Gasteiger partial charge >= 0.3 is 6.09 Å². The summed E-state index contributed by atoms with van der Waals surface area (Å²) in [6.45, 7) is 16.0. The Morgan fingerprint density at radius 1 is 0.459 bits per heavy atom. The van der Waals surface area contributed by atoms with Crippen molar-refractivity contribution >= 4 is 88.1 Å². The van der Waals surface area contributed by atoms with Gasteiger partial charge in [0.05, 0.1) is 75.7 Å². The van der Waals surface area contributed by atoms with E-state index in [1.807, 2.05) is 69.6 Å². The van der Waals surface area contributed by atoms with E-state index in [0.29, 0.717) is 82.7 Å². The normalized spacial score (nSPS) is 16.1. The highest BCUT2D eigenvalue weighted by Crippen LogP contribution is 2.44. The number of amides is 1. The van der Waals surface area contributed by atoms with E-state index in [1.165, 1.54) is 76.2 Å². The number of rotatable bonds is 27. The van der Waals surface area contributed by atoms with Gasteiger partial charge < -0.3 is 40.1 Å². The molecule has 12 heterocycles. The van der Waals surface area contributed by atoms with Crippen LogP contribution in [0, 0.1) is 41.1 Å². The van der Waals surface area contributed by atoms with Crippen LogP contribution in [0.1, 0.15) is 152 Å². The summed E-state index contributed by atoms with van der Waals surface area (Å²) in [6.07, 6.45) is 26.2. The van der Waals surface area contributed by atoms with Gasteiger partial charge in [-0.2, -0.15) is 0 Å². The topological polar surface area (TPSA) is 248 Å². The molecule has 3 saturated carbocycles. The number of aromatic nitrogens is 6. The Kier molecular flexibility index (Phi) is 28.5. The van der Waals surface area contributed by atoms with Crippen LogP contribution in [0.25, 0.3) is 62.4 Å². The predicted molar refractivity (Wildman–Crippen MR) is 474 cm³/mol. The van der Waals surface area contributed by atoms with Crippen LogP contribution < -0.4 is 35.3 Å². The van der Waals surface area contributed by atoms with Crippen LogP contribution in [0.15, 0.2) is 165 Å². The number of benzene rings is 3. The predicted octanol–water partition coefficient (Wildman–Crippen LogP) is 21.0. The zero-order valence-corrected chi connectivity index (χ0v) is 72.1. The average Bonchev–Trinajstić information content (AvgIpc) is 1.65. The Morgan fingerprint density at radius 3 is 1.16 bits per heavy atom. The lowest BCUT2D eigenvalue weighted by atomic mass is 9.99. The number of methoxy groups -OCH3 is 1. The van der Waals surface area contributed by atoms with Crippen molar-refractivity contribution in [2.45, 2.75) is 174 Å². The molecule has 0 bridgehead atoms. The quantitative estimate of drug-likeness (QED) is 0.0433. The van der Waals surface area contributed by atoms with Crippen molar-refractivity contribution in [2.24, 2.45) is 29.4 Å². The molecule has 9 aromatic heterocycles. The number of ketones is 3. The van der Waals surface area contributed by atoms with Gasteiger partial charge in [0.1, 0.15) is 45.9 Å². The van der Waals surface area contributed by atoms with E-state index in [2.05, 4.69) is 65.5 Å². The van der Waals surface area contributed by atoms with Crippen molar-refractivity contribution in [3.63, 3.8) is 0 Å². The number of hydrogen-bond donors (Lipinski definition) is 3. The molecule has 122 heavy (non-hydrogen) atoms. The van der Waals surface area contributed by atoms with Gasteiger partial charge in [-0.15, -0.1) is 34.0 Å². The van der Waals surface area contributed by atoms with E-state index in [9.17, 15) is 32.3 Å². The van der Waals surface area contributed by atoms with Crippen molar-refractivity contribution in [3.8, 4) is 72.0 Å². The first kappa shape index (κ1) is 86.5. The van der Waals surface area contributed by atoms with Gasteiger partial charge in [0.25, 0.3) is 0 Å². The molecule has 3 aliphatic heterocycles. The molecule has 3 aliphatic carbocycles. The first-order valence-corrected chi connectivity index (χ1v) is 44.9. The molecule has 18 rings (SSSR count). The number of piperidine rings is 3. The number of pyridine rings is 6. The highest BCUT2D eigenvalue weighted by atomic mass is 32.1. The number of carbonyl (C=O) groups is 4. The SMILES string of the molecule is CC(C)(C)OC(=O)NC1CCNCC1.CC1CCN(Cc2ccc(-c3cc4nccc(Oc5ccc(CC(=O)CC6CC6)cc5F)c4s3)nc2)CC1.COc1ccc(-c2cc3nccc(Oc4ccc(CC(=O)CC5CC5)cc4F)c3s2)nc1.NC1CCN(Cc2ccc(-c3cc4nccc(Oc5ccc(CC(=O)CC6CC6)cc5F)c4s3)nc2)CC1. The van der Waals surface area contributed by atoms with E-state index in [4.69, 9.17) is 39.4 Å². The number of alkyl carbamates (subject to hydrolysis) is 1. The maximum atomic E-state index is 14.9. The lowest BCUT2D eigenvalue weighted by Crippen LogP contribution is -2.44. The fourth-order valence-corrected chi connectivity index (χ4v) is 18.2. The molecule has 6 fully saturated rings. The summed E-state index contributed by atoms with van der Waals surface area (Å²) in [5, 5.41) is 6.12. The number of nitrogens with one attached hydrogen (secondary N) is 2. The molecule has 0 radical (unpaired) electrons. The minimum atomic E-state index is -0.486. The van der Waals surface area contributed by atoms with Crippen LogP contribution in [-0.2, 0) is 51.5 Å². The third-order valence-electron chi connectivity index (χ3n) is 22.4. The summed E-state index contributed by atoms with van der Waals surface area (Å²) in [5.41, 5.74) is 14.9. The molecule has 0 atom stereocenters. The van der Waals surface area contributed by atoms with Crippen molar-refractivity contribution in [2.75, 3.05) is 46.4 Å². The standard InChI is InChI=1S/C31H32FN3O2S.C30H31FN4O2S.C25H21FN2O3S.C10H20N2O2/c1-20-9-12-35(13-10-20)19-23-4-6-26(34-18-23)30-17-27-31(38-30)29(8-11-33-27)37-28-7-5-22(16-25(28)32)15-24(36)14-21-2-3-21;31-24-15-20(14-23(36)13-19-1-2-19)4-6-27(24)37-28-7-10-33-26-16-29(38-30(26)28)25-5-3-21(17-34-25)18-35-11-8-22(32)9-12-35;1-30-18-5-6-20(28-14-18)24-13-21-25(32-24)23(8-9-27-21)31-22-7-4-16(12-19(22)26)11-17(29)10-15-2-3-15;1-10(2,3)14-9(13)12-8-4-6-11-7-5-8/h4-8,11,16-18,20-21H,2-3,9-10,12-15,19H2,1H3;3-7,10,15-17,19,22H,1-2,8-9,11-14,18,32H2;4-9,12-15H,2-3,10-11H2,1H3;8,11H,4-7H2,1-3H3,(H,12,13). The van der Waals surface area contributed by atoms with Crippen LogP contribution in [-0.4, -0.2) is 127 Å². The van der Waals surface area contributed by atoms with Crippen molar-refractivity contribution in [3.05, 3.63) is 210 Å². The zero-order chi connectivity index (χ0) is 84.8. The minimum Gasteiger partial charge on any atom is -0.495 e. The highest BCUT2D eigenvalue weighted by molar-refractivity contribution is 7.23. The molecular formula is C96H104F3N11O9S3. The van der Waals surface area contributed by atoms with Gasteiger partial charge in [0.15, 0.2) is 34.7 Å². The number of ether oxygens (including phenoxy) is 5.